The van der Waals surface area contributed by atoms with E-state index in [0.29, 0.717) is 6.54 Å². The number of fused-ring (bicyclic) bond motifs is 1. The molecule has 1 aromatic carbocycles. The highest BCUT2D eigenvalue weighted by molar-refractivity contribution is 5.81. The van der Waals surface area contributed by atoms with Crippen LogP contribution in [0.3, 0.4) is 0 Å². The maximum atomic E-state index is 13.8. The summed E-state index contributed by atoms with van der Waals surface area (Å²) in [5.74, 6) is -0.231. The number of nitrogens with zero attached hydrogens (tertiary/aromatic N) is 3. The molecule has 3 rings (SSSR count). The van der Waals surface area contributed by atoms with Gasteiger partial charge in [0.05, 0.1) is 17.8 Å². The first-order valence-electron chi connectivity index (χ1n) is 7.82. The molecule has 1 N–H and O–H groups in total. The molecule has 2 heterocycles. The van der Waals surface area contributed by atoms with Gasteiger partial charge in [0.1, 0.15) is 5.82 Å². The molecule has 0 radical (unpaired) electrons. The number of aryl methyl sites for hydroxylation is 1. The SMILES string of the molecule is Cc1cnn(C(C)C(C)NCc2cc(F)cc3cccnc23)c1. The lowest BCUT2D eigenvalue weighted by atomic mass is 10.1. The van der Waals surface area contributed by atoms with Crippen molar-refractivity contribution in [1.29, 1.82) is 0 Å². The third kappa shape index (κ3) is 3.40. The highest BCUT2D eigenvalue weighted by Gasteiger charge is 2.15. The molecule has 0 saturated carbocycles. The van der Waals surface area contributed by atoms with E-state index in [0.717, 1.165) is 22.0 Å². The number of hydrogen-bond donors (Lipinski definition) is 1. The normalized spacial score (nSPS) is 14.1. The van der Waals surface area contributed by atoms with Crippen LogP contribution in [-0.4, -0.2) is 20.8 Å². The molecule has 2 atom stereocenters. The minimum atomic E-state index is -0.231. The first-order valence-corrected chi connectivity index (χ1v) is 7.82. The van der Waals surface area contributed by atoms with Crippen LogP contribution < -0.4 is 5.32 Å². The summed E-state index contributed by atoms with van der Waals surface area (Å²) in [4.78, 5) is 4.38. The van der Waals surface area contributed by atoms with Crippen molar-refractivity contribution in [3.05, 3.63) is 59.8 Å². The molecule has 120 valence electrons. The van der Waals surface area contributed by atoms with E-state index in [2.05, 4.69) is 29.2 Å². The average molecular weight is 312 g/mol. The molecule has 0 bridgehead atoms. The van der Waals surface area contributed by atoms with E-state index >= 15 is 0 Å². The lowest BCUT2D eigenvalue weighted by Crippen LogP contribution is -2.33. The molecule has 0 fully saturated rings. The van der Waals surface area contributed by atoms with Crippen LogP contribution in [0.15, 0.2) is 42.9 Å². The van der Waals surface area contributed by atoms with Gasteiger partial charge in [0, 0.05) is 30.4 Å². The van der Waals surface area contributed by atoms with Gasteiger partial charge < -0.3 is 5.32 Å². The second-order valence-corrected chi connectivity index (χ2v) is 6.05. The second-order valence-electron chi connectivity index (χ2n) is 6.05. The summed E-state index contributed by atoms with van der Waals surface area (Å²) in [6.45, 7) is 6.82. The number of pyridine rings is 1. The Hall–Kier alpha value is -2.27. The monoisotopic (exact) mass is 312 g/mol. The van der Waals surface area contributed by atoms with Gasteiger partial charge in [-0.3, -0.25) is 9.67 Å². The predicted octanol–water partition coefficient (Wildman–Crippen LogP) is 3.62. The van der Waals surface area contributed by atoms with E-state index < -0.39 is 0 Å². The Morgan fingerprint density at radius 1 is 1.30 bits per heavy atom. The summed E-state index contributed by atoms with van der Waals surface area (Å²) >= 11 is 0. The molecular weight excluding hydrogens is 291 g/mol. The second kappa shape index (κ2) is 6.46. The molecule has 0 aliphatic heterocycles. The Labute approximate surface area is 135 Å². The van der Waals surface area contributed by atoms with Crippen LogP contribution in [-0.2, 0) is 6.54 Å². The Balaban J connectivity index is 1.75. The van der Waals surface area contributed by atoms with E-state index in [9.17, 15) is 4.39 Å². The number of halogens is 1. The highest BCUT2D eigenvalue weighted by atomic mass is 19.1. The highest BCUT2D eigenvalue weighted by Crippen LogP contribution is 2.19. The van der Waals surface area contributed by atoms with E-state index in [4.69, 9.17) is 0 Å². The molecule has 0 spiro atoms. The van der Waals surface area contributed by atoms with Crippen LogP contribution >= 0.6 is 0 Å². The number of aromatic nitrogens is 3. The molecule has 3 aromatic rings. The van der Waals surface area contributed by atoms with Crippen molar-refractivity contribution in [2.24, 2.45) is 0 Å². The van der Waals surface area contributed by atoms with Crippen molar-refractivity contribution in [3.8, 4) is 0 Å². The van der Waals surface area contributed by atoms with Gasteiger partial charge >= 0.3 is 0 Å². The van der Waals surface area contributed by atoms with Crippen molar-refractivity contribution in [3.63, 3.8) is 0 Å². The maximum absolute atomic E-state index is 13.8. The molecule has 5 heteroatoms. The van der Waals surface area contributed by atoms with Crippen molar-refractivity contribution in [1.82, 2.24) is 20.1 Å². The molecule has 2 aromatic heterocycles. The quantitative estimate of drug-likeness (QED) is 0.782. The fourth-order valence-electron chi connectivity index (χ4n) is 2.69. The number of benzene rings is 1. The minimum absolute atomic E-state index is 0.191. The summed E-state index contributed by atoms with van der Waals surface area (Å²) in [6.07, 6.45) is 5.62. The first kappa shape index (κ1) is 15.6. The fraction of sp³-hybridized carbons (Fsp3) is 0.333. The number of hydrogen-bond acceptors (Lipinski definition) is 3. The van der Waals surface area contributed by atoms with Crippen LogP contribution in [0.4, 0.5) is 4.39 Å². The largest absolute Gasteiger partial charge is 0.308 e. The number of nitrogens with one attached hydrogen (secondary N) is 1. The van der Waals surface area contributed by atoms with Crippen LogP contribution in [0.5, 0.6) is 0 Å². The zero-order valence-electron chi connectivity index (χ0n) is 13.6. The Bertz CT molecular complexity index is 812. The smallest absolute Gasteiger partial charge is 0.124 e. The van der Waals surface area contributed by atoms with Crippen LogP contribution in [0, 0.1) is 12.7 Å². The van der Waals surface area contributed by atoms with Gasteiger partial charge in [0.25, 0.3) is 0 Å². The van der Waals surface area contributed by atoms with Crippen LogP contribution in [0.25, 0.3) is 10.9 Å². The summed E-state index contributed by atoms with van der Waals surface area (Å²) in [5, 5.41) is 8.64. The van der Waals surface area contributed by atoms with Gasteiger partial charge in [-0.1, -0.05) is 6.07 Å². The molecular formula is C18H21FN4. The van der Waals surface area contributed by atoms with E-state index in [1.54, 1.807) is 12.3 Å². The summed E-state index contributed by atoms with van der Waals surface area (Å²) < 4.78 is 15.7. The molecule has 0 aliphatic rings. The van der Waals surface area contributed by atoms with E-state index in [1.807, 2.05) is 36.1 Å². The van der Waals surface area contributed by atoms with Crippen molar-refractivity contribution in [2.75, 3.05) is 0 Å². The molecule has 0 amide bonds. The van der Waals surface area contributed by atoms with Crippen molar-refractivity contribution >= 4 is 10.9 Å². The lowest BCUT2D eigenvalue weighted by molar-refractivity contribution is 0.365. The predicted molar refractivity (Wildman–Crippen MR) is 89.7 cm³/mol. The van der Waals surface area contributed by atoms with E-state index in [1.165, 1.54) is 6.07 Å². The molecule has 0 aliphatic carbocycles. The summed E-state index contributed by atoms with van der Waals surface area (Å²) in [6, 6.07) is 7.17. The average Bonchev–Trinajstić information content (AvgIpc) is 2.97. The van der Waals surface area contributed by atoms with Gasteiger partial charge in [-0.15, -0.1) is 0 Å². The molecule has 4 nitrogen and oxygen atoms in total. The zero-order chi connectivity index (χ0) is 16.4. The van der Waals surface area contributed by atoms with Gasteiger partial charge in [-0.05, 0) is 50.1 Å². The third-order valence-electron chi connectivity index (χ3n) is 4.23. The molecule has 23 heavy (non-hydrogen) atoms. The molecule has 0 saturated heterocycles. The van der Waals surface area contributed by atoms with Crippen LogP contribution in [0.1, 0.15) is 31.0 Å². The van der Waals surface area contributed by atoms with Crippen molar-refractivity contribution < 1.29 is 4.39 Å². The van der Waals surface area contributed by atoms with Crippen molar-refractivity contribution in [2.45, 2.75) is 39.4 Å². The van der Waals surface area contributed by atoms with Gasteiger partial charge in [-0.2, -0.15) is 5.10 Å². The van der Waals surface area contributed by atoms with Gasteiger partial charge in [0.15, 0.2) is 0 Å². The maximum Gasteiger partial charge on any atom is 0.124 e. The zero-order valence-corrected chi connectivity index (χ0v) is 13.6. The summed E-state index contributed by atoms with van der Waals surface area (Å²) in [7, 11) is 0. The molecule has 2 unspecified atom stereocenters. The lowest BCUT2D eigenvalue weighted by Gasteiger charge is -2.22. The Morgan fingerprint density at radius 3 is 2.87 bits per heavy atom. The van der Waals surface area contributed by atoms with E-state index in [-0.39, 0.29) is 17.9 Å². The van der Waals surface area contributed by atoms with Gasteiger partial charge in [-0.25, -0.2) is 4.39 Å². The van der Waals surface area contributed by atoms with Gasteiger partial charge in [0.2, 0.25) is 0 Å². The topological polar surface area (TPSA) is 42.7 Å². The number of rotatable bonds is 5. The fourth-order valence-corrected chi connectivity index (χ4v) is 2.69. The summed E-state index contributed by atoms with van der Waals surface area (Å²) in [5.41, 5.74) is 2.86. The Morgan fingerprint density at radius 2 is 2.13 bits per heavy atom. The Kier molecular flexibility index (Phi) is 4.39. The first-order chi connectivity index (χ1) is 11.0. The van der Waals surface area contributed by atoms with Crippen LogP contribution in [0.2, 0.25) is 0 Å². The third-order valence-corrected chi connectivity index (χ3v) is 4.23. The standard InChI is InChI=1S/C18H21FN4/c1-12-9-22-23(11-12)14(3)13(2)21-10-16-8-17(19)7-15-5-4-6-20-18(15)16/h4-9,11,13-14,21H,10H2,1-3H3. The minimum Gasteiger partial charge on any atom is -0.308 e.